The summed E-state index contributed by atoms with van der Waals surface area (Å²) >= 11 is 1.80. The zero-order chi connectivity index (χ0) is 12.6. The Hall–Kier alpha value is -1.27. The zero-order valence-electron chi connectivity index (χ0n) is 10.5. The smallest absolute Gasteiger partial charge is 0.168 e. The molecule has 0 aliphatic rings. The summed E-state index contributed by atoms with van der Waals surface area (Å²) in [6, 6.07) is 2.15. The molecule has 2 unspecified atom stereocenters. The van der Waals surface area contributed by atoms with Crippen molar-refractivity contribution in [3.8, 4) is 0 Å². The summed E-state index contributed by atoms with van der Waals surface area (Å²) in [6.07, 6.45) is 0. The van der Waals surface area contributed by atoms with Crippen LogP contribution < -0.4 is 5.73 Å². The van der Waals surface area contributed by atoms with Gasteiger partial charge in [0.25, 0.3) is 0 Å². The highest BCUT2D eigenvalue weighted by Crippen LogP contribution is 2.29. The van der Waals surface area contributed by atoms with Gasteiger partial charge in [0.05, 0.1) is 12.1 Å². The van der Waals surface area contributed by atoms with Gasteiger partial charge >= 0.3 is 0 Å². The third-order valence-electron chi connectivity index (χ3n) is 2.82. The van der Waals surface area contributed by atoms with Gasteiger partial charge in [-0.05, 0) is 49.8 Å². The first kappa shape index (κ1) is 12.2. The molecule has 0 aromatic carbocycles. The first-order valence-corrected chi connectivity index (χ1v) is 6.42. The van der Waals surface area contributed by atoms with E-state index in [0.717, 1.165) is 5.82 Å². The van der Waals surface area contributed by atoms with E-state index in [4.69, 9.17) is 5.73 Å². The van der Waals surface area contributed by atoms with Crippen molar-refractivity contribution in [1.29, 1.82) is 0 Å². The molecule has 92 valence electrons. The molecule has 0 aliphatic carbocycles. The highest BCUT2D eigenvalue weighted by atomic mass is 32.1. The number of hydrogen-bond acceptors (Lipinski definition) is 5. The van der Waals surface area contributed by atoms with Crippen LogP contribution in [0.3, 0.4) is 0 Å². The zero-order valence-corrected chi connectivity index (χ0v) is 11.3. The van der Waals surface area contributed by atoms with E-state index in [1.54, 1.807) is 16.0 Å². The van der Waals surface area contributed by atoms with Gasteiger partial charge in [-0.3, -0.25) is 0 Å². The second-order valence-electron chi connectivity index (χ2n) is 4.31. The highest BCUT2D eigenvalue weighted by Gasteiger charge is 2.19. The van der Waals surface area contributed by atoms with Crippen LogP contribution >= 0.6 is 11.3 Å². The third kappa shape index (κ3) is 2.23. The molecular weight excluding hydrogens is 234 g/mol. The van der Waals surface area contributed by atoms with Crippen molar-refractivity contribution in [3.63, 3.8) is 0 Å². The lowest BCUT2D eigenvalue weighted by Gasteiger charge is -2.14. The van der Waals surface area contributed by atoms with Crippen LogP contribution in [0.5, 0.6) is 0 Å². The minimum atomic E-state index is -0.160. The lowest BCUT2D eigenvalue weighted by atomic mass is 10.1. The minimum Gasteiger partial charge on any atom is -0.322 e. The maximum absolute atomic E-state index is 5.86. The van der Waals surface area contributed by atoms with E-state index in [1.165, 1.54) is 15.3 Å². The monoisotopic (exact) mass is 251 g/mol. The molecule has 2 aromatic rings. The number of hydrogen-bond donors (Lipinski definition) is 1. The largest absolute Gasteiger partial charge is 0.322 e. The Balaban J connectivity index is 2.40. The quantitative estimate of drug-likeness (QED) is 0.905. The van der Waals surface area contributed by atoms with E-state index in [-0.39, 0.29) is 12.1 Å². The average Bonchev–Trinajstić information content (AvgIpc) is 2.83. The molecule has 0 bridgehead atoms. The van der Waals surface area contributed by atoms with Crippen molar-refractivity contribution in [2.45, 2.75) is 39.8 Å². The average molecular weight is 251 g/mol. The van der Waals surface area contributed by atoms with E-state index in [9.17, 15) is 0 Å². The SMILES string of the molecule is Cc1cc(C(C)n2nnnc2C(C)N)c(C)s1. The first-order chi connectivity index (χ1) is 8.00. The molecule has 6 heteroatoms. The van der Waals surface area contributed by atoms with Crippen molar-refractivity contribution < 1.29 is 0 Å². The van der Waals surface area contributed by atoms with Crippen LogP contribution in [-0.2, 0) is 0 Å². The van der Waals surface area contributed by atoms with Crippen LogP contribution in [0.25, 0.3) is 0 Å². The first-order valence-electron chi connectivity index (χ1n) is 5.61. The van der Waals surface area contributed by atoms with Crippen molar-refractivity contribution in [1.82, 2.24) is 20.2 Å². The van der Waals surface area contributed by atoms with E-state index < -0.39 is 0 Å². The Morgan fingerprint density at radius 1 is 1.35 bits per heavy atom. The fraction of sp³-hybridized carbons (Fsp3) is 0.545. The second-order valence-corrected chi connectivity index (χ2v) is 5.78. The van der Waals surface area contributed by atoms with Crippen LogP contribution in [-0.4, -0.2) is 20.2 Å². The summed E-state index contributed by atoms with van der Waals surface area (Å²) in [5.41, 5.74) is 7.12. The van der Waals surface area contributed by atoms with Gasteiger partial charge in [-0.1, -0.05) is 0 Å². The van der Waals surface area contributed by atoms with Crippen molar-refractivity contribution in [2.24, 2.45) is 5.73 Å². The van der Waals surface area contributed by atoms with Gasteiger partial charge in [0, 0.05) is 9.75 Å². The molecule has 5 nitrogen and oxygen atoms in total. The predicted octanol–water partition coefficient (Wildman–Crippen LogP) is 1.98. The maximum atomic E-state index is 5.86. The van der Waals surface area contributed by atoms with Gasteiger partial charge in [0.1, 0.15) is 0 Å². The lowest BCUT2D eigenvalue weighted by Crippen LogP contribution is -2.18. The van der Waals surface area contributed by atoms with Gasteiger partial charge in [-0.25, -0.2) is 4.68 Å². The molecule has 0 saturated carbocycles. The number of thiophene rings is 1. The van der Waals surface area contributed by atoms with Crippen molar-refractivity contribution in [3.05, 3.63) is 27.2 Å². The number of nitrogens with zero attached hydrogens (tertiary/aromatic N) is 4. The molecule has 2 heterocycles. The lowest BCUT2D eigenvalue weighted by molar-refractivity contribution is 0.504. The third-order valence-corrected chi connectivity index (χ3v) is 3.80. The molecule has 0 aliphatic heterocycles. The Labute approximate surface area is 105 Å². The summed E-state index contributed by atoms with van der Waals surface area (Å²) in [6.45, 7) is 8.22. The Kier molecular flexibility index (Phi) is 3.26. The predicted molar refractivity (Wildman–Crippen MR) is 68.0 cm³/mol. The molecule has 0 fully saturated rings. The number of rotatable bonds is 3. The number of nitrogens with two attached hydrogens (primary N) is 1. The Bertz CT molecular complexity index is 514. The molecule has 2 aromatic heterocycles. The standard InChI is InChI=1S/C11H17N5S/c1-6-5-10(9(4)17-6)8(3)16-11(7(2)12)13-14-15-16/h5,7-8H,12H2,1-4H3. The topological polar surface area (TPSA) is 69.6 Å². The molecule has 2 rings (SSSR count). The molecule has 0 radical (unpaired) electrons. The van der Waals surface area contributed by atoms with Gasteiger partial charge in [-0.2, -0.15) is 0 Å². The molecule has 17 heavy (non-hydrogen) atoms. The van der Waals surface area contributed by atoms with Crippen molar-refractivity contribution in [2.75, 3.05) is 0 Å². The number of tetrazole rings is 1. The minimum absolute atomic E-state index is 0.121. The summed E-state index contributed by atoms with van der Waals surface area (Å²) in [5, 5.41) is 11.7. The molecule has 0 saturated heterocycles. The van der Waals surface area contributed by atoms with E-state index >= 15 is 0 Å². The van der Waals surface area contributed by atoms with Crippen LogP contribution in [0.4, 0.5) is 0 Å². The Morgan fingerprint density at radius 2 is 2.06 bits per heavy atom. The molecule has 0 spiro atoms. The number of aromatic nitrogens is 4. The van der Waals surface area contributed by atoms with Gasteiger partial charge < -0.3 is 5.73 Å². The molecule has 0 amide bonds. The summed E-state index contributed by atoms with van der Waals surface area (Å²) in [7, 11) is 0. The highest BCUT2D eigenvalue weighted by molar-refractivity contribution is 7.12. The molecule has 2 N–H and O–H groups in total. The van der Waals surface area contributed by atoms with E-state index in [2.05, 4.69) is 42.4 Å². The van der Waals surface area contributed by atoms with Crippen LogP contribution in [0, 0.1) is 13.8 Å². The molecular formula is C11H17N5S. The fourth-order valence-electron chi connectivity index (χ4n) is 1.97. The Morgan fingerprint density at radius 3 is 2.59 bits per heavy atom. The summed E-state index contributed by atoms with van der Waals surface area (Å²) in [5.74, 6) is 0.723. The van der Waals surface area contributed by atoms with Gasteiger partial charge in [0.2, 0.25) is 0 Å². The van der Waals surface area contributed by atoms with Crippen LogP contribution in [0.1, 0.15) is 47.1 Å². The van der Waals surface area contributed by atoms with Gasteiger partial charge in [-0.15, -0.1) is 16.4 Å². The van der Waals surface area contributed by atoms with Crippen LogP contribution in [0.15, 0.2) is 6.07 Å². The van der Waals surface area contributed by atoms with Crippen molar-refractivity contribution >= 4 is 11.3 Å². The van der Waals surface area contributed by atoms with E-state index in [0.29, 0.717) is 0 Å². The fourth-order valence-corrected chi connectivity index (χ4v) is 2.99. The van der Waals surface area contributed by atoms with E-state index in [1.807, 2.05) is 6.92 Å². The normalized spacial score (nSPS) is 14.9. The summed E-state index contributed by atoms with van der Waals surface area (Å²) < 4.78 is 1.80. The molecule has 2 atom stereocenters. The van der Waals surface area contributed by atoms with Gasteiger partial charge in [0.15, 0.2) is 5.82 Å². The summed E-state index contributed by atoms with van der Waals surface area (Å²) in [4.78, 5) is 2.61. The van der Waals surface area contributed by atoms with Crippen LogP contribution in [0.2, 0.25) is 0 Å². The maximum Gasteiger partial charge on any atom is 0.168 e. The second kappa shape index (κ2) is 4.54. The number of aryl methyl sites for hydroxylation is 2.